The van der Waals surface area contributed by atoms with Crippen molar-refractivity contribution in [3.05, 3.63) is 94.8 Å². The third-order valence-electron chi connectivity index (χ3n) is 6.27. The van der Waals surface area contributed by atoms with Gasteiger partial charge in [-0.3, -0.25) is 13.9 Å². The Kier molecular flexibility index (Phi) is 9.97. The van der Waals surface area contributed by atoms with E-state index in [0.29, 0.717) is 16.1 Å². The molecule has 1 atom stereocenters. The highest BCUT2D eigenvalue weighted by molar-refractivity contribution is 7.92. The summed E-state index contributed by atoms with van der Waals surface area (Å²) in [6, 6.07) is 17.3. The van der Waals surface area contributed by atoms with E-state index >= 15 is 0 Å². The fourth-order valence-electron chi connectivity index (χ4n) is 4.26. The molecule has 0 aromatic heterocycles. The van der Waals surface area contributed by atoms with E-state index < -0.39 is 39.9 Å². The number of rotatable bonds is 10. The number of anilines is 1. The number of nitrogens with zero attached hydrogens (tertiary/aromatic N) is 2. The van der Waals surface area contributed by atoms with Crippen molar-refractivity contribution in [2.45, 2.75) is 64.1 Å². The highest BCUT2D eigenvalue weighted by Gasteiger charge is 2.35. The average Bonchev–Trinajstić information content (AvgIpc) is 2.89. The first-order valence-corrected chi connectivity index (χ1v) is 14.7. The number of amides is 2. The fraction of sp³-hybridized carbons (Fsp3) is 0.333. The molecule has 0 bridgehead atoms. The van der Waals surface area contributed by atoms with Crippen LogP contribution in [0.1, 0.15) is 45.2 Å². The van der Waals surface area contributed by atoms with Crippen LogP contribution in [0, 0.1) is 12.7 Å². The van der Waals surface area contributed by atoms with E-state index in [1.807, 2.05) is 20.8 Å². The molecule has 1 N–H and O–H groups in total. The summed E-state index contributed by atoms with van der Waals surface area (Å²) in [5.41, 5.74) is 0.765. The van der Waals surface area contributed by atoms with Gasteiger partial charge in [0.05, 0.1) is 10.6 Å². The molecule has 0 aliphatic carbocycles. The van der Waals surface area contributed by atoms with Gasteiger partial charge in [0.1, 0.15) is 18.4 Å². The minimum absolute atomic E-state index is 0.00442. The van der Waals surface area contributed by atoms with Crippen molar-refractivity contribution < 1.29 is 22.4 Å². The van der Waals surface area contributed by atoms with E-state index in [9.17, 15) is 22.4 Å². The Hall–Kier alpha value is -3.43. The zero-order valence-corrected chi connectivity index (χ0v) is 24.9. The molecular weight excluding hydrogens is 553 g/mol. The second-order valence-electron chi connectivity index (χ2n) is 10.5. The second kappa shape index (κ2) is 12.8. The van der Waals surface area contributed by atoms with Crippen LogP contribution in [0.2, 0.25) is 5.02 Å². The van der Waals surface area contributed by atoms with Crippen molar-refractivity contribution in [3.8, 4) is 0 Å². The number of hydrogen-bond donors (Lipinski definition) is 1. The van der Waals surface area contributed by atoms with Crippen molar-refractivity contribution in [1.29, 1.82) is 0 Å². The van der Waals surface area contributed by atoms with Crippen molar-refractivity contribution in [3.63, 3.8) is 0 Å². The van der Waals surface area contributed by atoms with Crippen LogP contribution in [0.5, 0.6) is 0 Å². The summed E-state index contributed by atoms with van der Waals surface area (Å²) in [6.45, 7) is 8.34. The van der Waals surface area contributed by atoms with Gasteiger partial charge in [-0.1, -0.05) is 54.9 Å². The summed E-state index contributed by atoms with van der Waals surface area (Å²) in [7, 11) is -4.20. The third-order valence-corrected chi connectivity index (χ3v) is 8.45. The number of nitrogens with one attached hydrogen (secondary N) is 1. The van der Waals surface area contributed by atoms with Crippen LogP contribution in [0.3, 0.4) is 0 Å². The lowest BCUT2D eigenvalue weighted by Gasteiger charge is -2.35. The molecule has 0 fully saturated rings. The molecule has 40 heavy (non-hydrogen) atoms. The molecule has 0 aliphatic heterocycles. The first kappa shape index (κ1) is 31.1. The van der Waals surface area contributed by atoms with Gasteiger partial charge in [0, 0.05) is 17.1 Å². The Morgan fingerprint density at radius 1 is 0.975 bits per heavy atom. The van der Waals surface area contributed by atoms with Crippen molar-refractivity contribution in [2.75, 3.05) is 10.8 Å². The molecule has 0 saturated heterocycles. The number of carbonyl (C=O) groups is 2. The van der Waals surface area contributed by atoms with Crippen molar-refractivity contribution in [1.82, 2.24) is 10.2 Å². The van der Waals surface area contributed by atoms with Gasteiger partial charge in [-0.15, -0.1) is 0 Å². The summed E-state index contributed by atoms with van der Waals surface area (Å²) in [6.07, 6.45) is 0.274. The van der Waals surface area contributed by atoms with E-state index in [2.05, 4.69) is 5.32 Å². The molecule has 0 unspecified atom stereocenters. The minimum atomic E-state index is -4.20. The van der Waals surface area contributed by atoms with Gasteiger partial charge in [0.2, 0.25) is 11.8 Å². The number of hydrogen-bond acceptors (Lipinski definition) is 4. The number of sulfonamides is 1. The minimum Gasteiger partial charge on any atom is -0.350 e. The molecule has 0 spiro atoms. The SMILES string of the molecule is CC[C@@H](C(=O)NC(C)(C)C)N(Cc1ccc(F)cc1)C(=O)CN(c1cccc(Cl)c1C)S(=O)(=O)c1ccccc1. The van der Waals surface area contributed by atoms with Crippen LogP contribution >= 0.6 is 11.6 Å². The molecule has 3 aromatic rings. The number of benzene rings is 3. The van der Waals surface area contributed by atoms with Crippen LogP contribution < -0.4 is 9.62 Å². The Balaban J connectivity index is 2.10. The van der Waals surface area contributed by atoms with E-state index in [1.165, 1.54) is 41.3 Å². The predicted molar refractivity (Wildman–Crippen MR) is 156 cm³/mol. The van der Waals surface area contributed by atoms with E-state index in [0.717, 1.165) is 4.31 Å². The lowest BCUT2D eigenvalue weighted by atomic mass is 10.1. The summed E-state index contributed by atoms with van der Waals surface area (Å²) in [4.78, 5) is 28.8. The largest absolute Gasteiger partial charge is 0.350 e. The maximum Gasteiger partial charge on any atom is 0.264 e. The number of halogens is 2. The molecule has 0 saturated carbocycles. The molecule has 3 rings (SSSR count). The lowest BCUT2D eigenvalue weighted by Crippen LogP contribution is -2.55. The van der Waals surface area contributed by atoms with Crippen LogP contribution in [0.4, 0.5) is 10.1 Å². The molecule has 0 radical (unpaired) electrons. The summed E-state index contributed by atoms with van der Waals surface area (Å²) in [5, 5.41) is 3.26. The van der Waals surface area contributed by atoms with Crippen molar-refractivity contribution in [2.24, 2.45) is 0 Å². The fourth-order valence-corrected chi connectivity index (χ4v) is 5.92. The topological polar surface area (TPSA) is 86.8 Å². The molecule has 0 aliphatic rings. The van der Waals surface area contributed by atoms with E-state index in [-0.39, 0.29) is 29.5 Å². The molecule has 2 amide bonds. The molecule has 10 heteroatoms. The Bertz CT molecular complexity index is 1440. The van der Waals surface area contributed by atoms with Gasteiger partial charge in [0.25, 0.3) is 10.0 Å². The molecule has 0 heterocycles. The van der Waals surface area contributed by atoms with Gasteiger partial charge < -0.3 is 10.2 Å². The second-order valence-corrected chi connectivity index (χ2v) is 12.8. The van der Waals surface area contributed by atoms with Crippen LogP contribution in [0.25, 0.3) is 0 Å². The Labute approximate surface area is 241 Å². The predicted octanol–water partition coefficient (Wildman–Crippen LogP) is 5.70. The monoisotopic (exact) mass is 587 g/mol. The summed E-state index contributed by atoms with van der Waals surface area (Å²) >= 11 is 6.35. The van der Waals surface area contributed by atoms with Crippen LogP contribution in [-0.4, -0.2) is 43.3 Å². The Morgan fingerprint density at radius 2 is 1.60 bits per heavy atom. The molecule has 7 nitrogen and oxygen atoms in total. The van der Waals surface area contributed by atoms with Crippen LogP contribution in [-0.2, 0) is 26.2 Å². The number of carbonyl (C=O) groups excluding carboxylic acids is 2. The smallest absolute Gasteiger partial charge is 0.264 e. The summed E-state index contributed by atoms with van der Waals surface area (Å²) < 4.78 is 42.4. The highest BCUT2D eigenvalue weighted by atomic mass is 35.5. The van der Waals surface area contributed by atoms with Crippen molar-refractivity contribution >= 4 is 39.1 Å². The van der Waals surface area contributed by atoms with Gasteiger partial charge >= 0.3 is 0 Å². The first-order valence-electron chi connectivity index (χ1n) is 12.9. The van der Waals surface area contributed by atoms with Crippen LogP contribution in [0.15, 0.2) is 77.7 Å². The zero-order valence-electron chi connectivity index (χ0n) is 23.3. The normalized spacial score (nSPS) is 12.5. The van der Waals surface area contributed by atoms with Gasteiger partial charge in [-0.25, -0.2) is 12.8 Å². The summed E-state index contributed by atoms with van der Waals surface area (Å²) in [5.74, 6) is -1.41. The molecular formula is C30H35ClFN3O4S. The van der Waals surface area contributed by atoms with Gasteiger partial charge in [-0.05, 0) is 81.6 Å². The Morgan fingerprint density at radius 3 is 2.17 bits per heavy atom. The lowest BCUT2D eigenvalue weighted by molar-refractivity contribution is -0.141. The zero-order chi connectivity index (χ0) is 29.7. The van der Waals surface area contributed by atoms with Gasteiger partial charge in [0.15, 0.2) is 0 Å². The first-order chi connectivity index (χ1) is 18.7. The van der Waals surface area contributed by atoms with E-state index in [1.54, 1.807) is 50.2 Å². The highest BCUT2D eigenvalue weighted by Crippen LogP contribution is 2.31. The maximum atomic E-state index is 14.1. The quantitative estimate of drug-likeness (QED) is 0.329. The maximum absolute atomic E-state index is 14.1. The third kappa shape index (κ3) is 7.61. The van der Waals surface area contributed by atoms with Gasteiger partial charge in [-0.2, -0.15) is 0 Å². The molecule has 3 aromatic carbocycles. The average molecular weight is 588 g/mol. The van der Waals surface area contributed by atoms with E-state index in [4.69, 9.17) is 11.6 Å². The standard InChI is InChI=1S/C30H35ClFN3O4S/c1-6-26(29(37)33-30(3,4)5)34(19-22-15-17-23(32)18-16-22)28(36)20-35(27-14-10-13-25(31)21(27)2)40(38,39)24-11-8-7-9-12-24/h7-18,26H,6,19-20H2,1-5H3,(H,33,37)/t26-/m0/s1. The molecule has 214 valence electrons.